The van der Waals surface area contributed by atoms with Gasteiger partial charge in [0.05, 0.1) is 12.5 Å². The van der Waals surface area contributed by atoms with Crippen LogP contribution in [0.25, 0.3) is 10.9 Å². The van der Waals surface area contributed by atoms with Crippen molar-refractivity contribution in [2.75, 3.05) is 30.9 Å². The lowest BCUT2D eigenvalue weighted by Gasteiger charge is -2.24. The molecule has 10 heteroatoms. The number of ether oxygens (including phenoxy) is 1. The Morgan fingerprint density at radius 1 is 1.27 bits per heavy atom. The van der Waals surface area contributed by atoms with Crippen molar-refractivity contribution in [2.24, 2.45) is 5.73 Å². The highest BCUT2D eigenvalue weighted by Crippen LogP contribution is 2.42. The van der Waals surface area contributed by atoms with Crippen molar-refractivity contribution in [1.82, 2.24) is 9.24 Å². The lowest BCUT2D eigenvalue weighted by atomic mass is 10.1. The molecule has 1 aliphatic carbocycles. The average molecular weight is 386 g/mol. The predicted molar refractivity (Wildman–Crippen MR) is 99.5 cm³/mol. The summed E-state index contributed by atoms with van der Waals surface area (Å²) >= 11 is 0. The van der Waals surface area contributed by atoms with Crippen molar-refractivity contribution in [1.29, 1.82) is 0 Å². The van der Waals surface area contributed by atoms with Gasteiger partial charge in [-0.05, 0) is 25.3 Å². The van der Waals surface area contributed by atoms with Crippen LogP contribution in [0.3, 0.4) is 0 Å². The fourth-order valence-corrected chi connectivity index (χ4v) is 3.59. The third-order valence-corrected chi connectivity index (χ3v) is 4.94. The third kappa shape index (κ3) is 2.62. The Balaban J connectivity index is 0.00000196. The number of rotatable bonds is 3. The summed E-state index contributed by atoms with van der Waals surface area (Å²) in [6, 6.07) is 1.03. The molecular weight excluding hydrogens is 365 g/mol. The highest BCUT2D eigenvalue weighted by atomic mass is 35.5. The van der Waals surface area contributed by atoms with Crippen molar-refractivity contribution >= 4 is 29.0 Å². The fraction of sp³-hybridized carbons (Fsp3) is 0.500. The van der Waals surface area contributed by atoms with Gasteiger partial charge in [-0.25, -0.2) is 9.18 Å². The van der Waals surface area contributed by atoms with Gasteiger partial charge in [0.15, 0.2) is 11.6 Å². The molecule has 2 aliphatic rings. The van der Waals surface area contributed by atoms with Gasteiger partial charge >= 0.3 is 5.69 Å². The number of nitrogens with two attached hydrogens (primary N) is 2. The van der Waals surface area contributed by atoms with Crippen molar-refractivity contribution in [3.8, 4) is 5.75 Å². The Labute approximate surface area is 154 Å². The zero-order chi connectivity index (χ0) is 17.9. The first kappa shape index (κ1) is 18.5. The number of anilines is 1. The molecule has 26 heavy (non-hydrogen) atoms. The summed E-state index contributed by atoms with van der Waals surface area (Å²) < 4.78 is 22.3. The van der Waals surface area contributed by atoms with E-state index in [4.69, 9.17) is 16.3 Å². The smallest absolute Gasteiger partial charge is 0.350 e. The molecule has 142 valence electrons. The number of fused-ring (bicyclic) bond motifs is 1. The number of hydrogen-bond acceptors (Lipinski definition) is 6. The Morgan fingerprint density at radius 3 is 2.50 bits per heavy atom. The molecule has 0 spiro atoms. The highest BCUT2D eigenvalue weighted by Gasteiger charge is 2.33. The second kappa shape index (κ2) is 6.48. The van der Waals surface area contributed by atoms with Crippen LogP contribution >= 0.6 is 12.4 Å². The summed E-state index contributed by atoms with van der Waals surface area (Å²) in [5.41, 5.74) is 5.13. The molecule has 2 fully saturated rings. The van der Waals surface area contributed by atoms with Crippen molar-refractivity contribution < 1.29 is 9.13 Å². The quantitative estimate of drug-likeness (QED) is 0.736. The van der Waals surface area contributed by atoms with Crippen LogP contribution in [0.4, 0.5) is 10.1 Å². The van der Waals surface area contributed by atoms with Gasteiger partial charge in [0.1, 0.15) is 11.2 Å². The van der Waals surface area contributed by atoms with E-state index in [1.54, 1.807) is 4.90 Å². The molecule has 0 radical (unpaired) electrons. The summed E-state index contributed by atoms with van der Waals surface area (Å²) in [5, 5.41) is 0.0376. The van der Waals surface area contributed by atoms with Gasteiger partial charge in [0.25, 0.3) is 5.56 Å². The second-order valence-electron chi connectivity index (χ2n) is 6.69. The number of benzene rings is 1. The maximum Gasteiger partial charge on any atom is 0.350 e. The molecule has 4 N–H and O–H groups in total. The fourth-order valence-electron chi connectivity index (χ4n) is 3.59. The number of hydrogen-bond donors (Lipinski definition) is 2. The van der Waals surface area contributed by atoms with Gasteiger partial charge in [0.2, 0.25) is 0 Å². The Bertz CT molecular complexity index is 985. The van der Waals surface area contributed by atoms with Gasteiger partial charge in [-0.1, -0.05) is 0 Å². The molecule has 1 aliphatic heterocycles. The summed E-state index contributed by atoms with van der Waals surface area (Å²) in [5.74, 6) is 5.21. The maximum atomic E-state index is 14.9. The molecule has 8 nitrogen and oxygen atoms in total. The van der Waals surface area contributed by atoms with E-state index in [2.05, 4.69) is 0 Å². The first-order valence-corrected chi connectivity index (χ1v) is 8.27. The lowest BCUT2D eigenvalue weighted by molar-refractivity contribution is 0.412. The second-order valence-corrected chi connectivity index (χ2v) is 6.69. The van der Waals surface area contributed by atoms with Crippen LogP contribution in [0.2, 0.25) is 0 Å². The molecule has 1 aromatic heterocycles. The third-order valence-electron chi connectivity index (χ3n) is 4.94. The van der Waals surface area contributed by atoms with E-state index in [1.165, 1.54) is 11.7 Å². The van der Waals surface area contributed by atoms with Gasteiger partial charge in [-0.2, -0.15) is 4.68 Å². The number of aromatic nitrogens is 2. The zero-order valence-corrected chi connectivity index (χ0v) is 15.1. The van der Waals surface area contributed by atoms with Crippen molar-refractivity contribution in [3.63, 3.8) is 0 Å². The molecule has 1 unspecified atom stereocenters. The van der Waals surface area contributed by atoms with E-state index < -0.39 is 17.1 Å². The summed E-state index contributed by atoms with van der Waals surface area (Å²) in [6.07, 6.45) is 2.34. The lowest BCUT2D eigenvalue weighted by Crippen LogP contribution is -2.44. The highest BCUT2D eigenvalue weighted by molar-refractivity contribution is 5.91. The Hall–Kier alpha value is -2.26. The first-order valence-electron chi connectivity index (χ1n) is 8.27. The SMILES string of the molecule is COc1c(N2CCC(N)C2)c(F)cc2c(=O)n(N)c(=O)n(C3CC3)c12.Cl. The predicted octanol–water partition coefficient (Wildman–Crippen LogP) is 0.319. The normalized spacial score (nSPS) is 19.7. The molecule has 0 amide bonds. The number of methoxy groups -OCH3 is 1. The van der Waals surface area contributed by atoms with Crippen molar-refractivity contribution in [3.05, 3.63) is 32.7 Å². The van der Waals surface area contributed by atoms with E-state index >= 15 is 0 Å². The molecule has 2 heterocycles. The minimum absolute atomic E-state index is 0. The first-order chi connectivity index (χ1) is 11.9. The molecule has 1 saturated carbocycles. The topological polar surface area (TPSA) is 109 Å². The monoisotopic (exact) mass is 385 g/mol. The molecular formula is C16H21ClFN5O3. The largest absolute Gasteiger partial charge is 0.492 e. The van der Waals surface area contributed by atoms with E-state index in [1.807, 2.05) is 0 Å². The van der Waals surface area contributed by atoms with Crippen LogP contribution in [0, 0.1) is 5.82 Å². The molecule has 1 saturated heterocycles. The van der Waals surface area contributed by atoms with Crippen LogP contribution in [0.15, 0.2) is 15.7 Å². The Morgan fingerprint density at radius 2 is 1.96 bits per heavy atom. The molecule has 1 atom stereocenters. The van der Waals surface area contributed by atoms with Crippen molar-refractivity contribution in [2.45, 2.75) is 31.3 Å². The molecule has 4 rings (SSSR count). The summed E-state index contributed by atoms with van der Waals surface area (Å²) in [6.45, 7) is 1.07. The van der Waals surface area contributed by atoms with Crippen LogP contribution in [-0.4, -0.2) is 35.5 Å². The Kier molecular flexibility index (Phi) is 4.61. The molecule has 1 aromatic carbocycles. The number of nitrogen functional groups attached to an aromatic ring is 1. The van der Waals surface area contributed by atoms with E-state index in [9.17, 15) is 14.0 Å². The molecule has 2 aromatic rings. The average Bonchev–Trinajstić information content (AvgIpc) is 3.33. The van der Waals surface area contributed by atoms with Crippen LogP contribution in [0.1, 0.15) is 25.3 Å². The van der Waals surface area contributed by atoms with E-state index in [-0.39, 0.29) is 41.3 Å². The zero-order valence-electron chi connectivity index (χ0n) is 14.3. The number of nitrogens with zero attached hydrogens (tertiary/aromatic N) is 3. The number of halogens is 2. The van der Waals surface area contributed by atoms with Crippen LogP contribution in [-0.2, 0) is 0 Å². The van der Waals surface area contributed by atoms with Gasteiger partial charge in [0, 0.05) is 25.2 Å². The van der Waals surface area contributed by atoms with Gasteiger partial charge in [-0.3, -0.25) is 9.36 Å². The minimum Gasteiger partial charge on any atom is -0.492 e. The molecule has 0 bridgehead atoms. The maximum absolute atomic E-state index is 14.9. The van der Waals surface area contributed by atoms with Gasteiger partial charge < -0.3 is 21.2 Å². The minimum atomic E-state index is -0.737. The van der Waals surface area contributed by atoms with E-state index in [0.29, 0.717) is 23.3 Å². The van der Waals surface area contributed by atoms with Crippen LogP contribution in [0.5, 0.6) is 5.75 Å². The van der Waals surface area contributed by atoms with E-state index in [0.717, 1.165) is 25.3 Å². The standard InChI is InChI=1S/C16H20FN5O3.ClH/c1-25-14-12-10(6-11(17)13(14)20-5-4-8(18)7-20)15(23)22(19)16(24)21(12)9-2-3-9;/h6,8-9H,2-5,7,18-19H2,1H3;1H. The summed E-state index contributed by atoms with van der Waals surface area (Å²) in [7, 11) is 1.41. The van der Waals surface area contributed by atoms with Gasteiger partial charge in [-0.15, -0.1) is 12.4 Å². The summed E-state index contributed by atoms with van der Waals surface area (Å²) in [4.78, 5) is 26.8. The van der Waals surface area contributed by atoms with Crippen LogP contribution < -0.4 is 32.5 Å².